The van der Waals surface area contributed by atoms with Crippen LogP contribution < -0.4 is 0 Å². The average molecular weight is 243 g/mol. The second kappa shape index (κ2) is 4.19. The third kappa shape index (κ3) is 2.23. The molecular formula is C16H15Cl. The number of rotatable bonds is 2. The lowest BCUT2D eigenvalue weighted by molar-refractivity contribution is 0.915. The van der Waals surface area contributed by atoms with Gasteiger partial charge in [0.25, 0.3) is 0 Å². The Hall–Kier alpha value is -1.27. The van der Waals surface area contributed by atoms with Crippen molar-refractivity contribution in [1.82, 2.24) is 0 Å². The molecule has 0 amide bonds. The molecule has 1 heteroatoms. The Morgan fingerprint density at radius 3 is 1.82 bits per heavy atom. The Kier molecular flexibility index (Phi) is 2.68. The second-order valence-corrected chi connectivity index (χ2v) is 5.38. The summed E-state index contributed by atoms with van der Waals surface area (Å²) in [5, 5.41) is 0.789. The highest BCUT2D eigenvalue weighted by Gasteiger charge is 2.33. The van der Waals surface area contributed by atoms with E-state index in [0.29, 0.717) is 0 Å². The molecule has 0 N–H and O–H groups in total. The minimum Gasteiger partial charge on any atom is -0.0843 e. The van der Waals surface area contributed by atoms with Gasteiger partial charge in [-0.1, -0.05) is 54.9 Å². The molecule has 0 unspecified atom stereocenters. The minimum atomic E-state index is 0.789. The molecule has 0 bridgehead atoms. The Labute approximate surface area is 107 Å². The van der Waals surface area contributed by atoms with E-state index in [-0.39, 0.29) is 0 Å². The highest BCUT2D eigenvalue weighted by atomic mass is 35.5. The summed E-state index contributed by atoms with van der Waals surface area (Å²) in [5.41, 5.74) is 3.97. The van der Waals surface area contributed by atoms with E-state index in [1.165, 1.54) is 23.1 Å². The van der Waals surface area contributed by atoms with Crippen LogP contribution in [-0.4, -0.2) is 0 Å². The lowest BCUT2D eigenvalue weighted by Gasteiger charge is -2.04. The molecule has 0 aromatic heterocycles. The Morgan fingerprint density at radius 1 is 0.882 bits per heavy atom. The molecule has 1 fully saturated rings. The maximum Gasteiger partial charge on any atom is 0.0406 e. The van der Waals surface area contributed by atoms with Crippen LogP contribution in [0.4, 0.5) is 0 Å². The van der Waals surface area contributed by atoms with Crippen molar-refractivity contribution >= 4 is 11.6 Å². The van der Waals surface area contributed by atoms with Gasteiger partial charge in [0, 0.05) is 5.02 Å². The fraction of sp³-hybridized carbons (Fsp3) is 0.250. The zero-order valence-electron chi connectivity index (χ0n) is 9.86. The summed E-state index contributed by atoms with van der Waals surface area (Å²) in [6.45, 7) is 2.32. The van der Waals surface area contributed by atoms with E-state index in [1.54, 1.807) is 0 Å². The summed E-state index contributed by atoms with van der Waals surface area (Å²) in [7, 11) is 0. The van der Waals surface area contributed by atoms with Gasteiger partial charge in [-0.25, -0.2) is 0 Å². The van der Waals surface area contributed by atoms with Crippen molar-refractivity contribution in [2.75, 3.05) is 0 Å². The van der Waals surface area contributed by atoms with Crippen LogP contribution in [0.3, 0.4) is 0 Å². The molecule has 0 heterocycles. The smallest absolute Gasteiger partial charge is 0.0406 e. The zero-order valence-corrected chi connectivity index (χ0v) is 10.6. The van der Waals surface area contributed by atoms with E-state index in [0.717, 1.165) is 16.9 Å². The molecule has 86 valence electrons. The van der Waals surface area contributed by atoms with Gasteiger partial charge >= 0.3 is 0 Å². The predicted octanol–water partition coefficient (Wildman–Crippen LogP) is 5.13. The first kappa shape index (κ1) is 10.9. The molecule has 0 aliphatic heterocycles. The molecule has 0 radical (unpaired) electrons. The van der Waals surface area contributed by atoms with E-state index in [1.807, 2.05) is 12.1 Å². The maximum atomic E-state index is 5.89. The fourth-order valence-electron chi connectivity index (χ4n) is 2.35. The van der Waals surface area contributed by atoms with E-state index in [9.17, 15) is 0 Å². The van der Waals surface area contributed by atoms with Gasteiger partial charge in [-0.05, 0) is 47.1 Å². The molecule has 2 atom stereocenters. The van der Waals surface area contributed by atoms with Gasteiger partial charge in [0.05, 0.1) is 0 Å². The van der Waals surface area contributed by atoms with Crippen LogP contribution in [-0.2, 0) is 0 Å². The maximum absolute atomic E-state index is 5.89. The van der Waals surface area contributed by atoms with Crippen LogP contribution in [0.2, 0.25) is 5.02 Å². The highest BCUT2D eigenvalue weighted by molar-refractivity contribution is 6.30. The molecular weight excluding hydrogens is 228 g/mol. The third-order valence-corrected chi connectivity index (χ3v) is 3.88. The number of hydrogen-bond acceptors (Lipinski definition) is 0. The first-order valence-corrected chi connectivity index (χ1v) is 6.48. The number of halogens is 1. The van der Waals surface area contributed by atoms with Gasteiger partial charge in [-0.15, -0.1) is 0 Å². The molecule has 1 aliphatic carbocycles. The molecule has 0 spiro atoms. The van der Waals surface area contributed by atoms with Gasteiger partial charge in [-0.2, -0.15) is 0 Å². The summed E-state index contributed by atoms with van der Waals surface area (Å²) < 4.78 is 0. The quantitative estimate of drug-likeness (QED) is 0.685. The SMILES string of the molecule is C[C@@H]1C[C@H]1c1ccc(-c2ccc(Cl)cc2)cc1. The Morgan fingerprint density at radius 2 is 1.35 bits per heavy atom. The fourth-order valence-corrected chi connectivity index (χ4v) is 2.48. The summed E-state index contributed by atoms with van der Waals surface area (Å²) in [5.74, 6) is 1.67. The standard InChI is InChI=1S/C16H15Cl/c1-11-10-16(11)14-4-2-12(3-5-14)13-6-8-15(17)9-7-13/h2-9,11,16H,10H2,1H3/t11-,16-/m1/s1. The molecule has 0 saturated heterocycles. The molecule has 2 aromatic rings. The summed E-state index contributed by atoms with van der Waals surface area (Å²) in [6.07, 6.45) is 1.35. The third-order valence-electron chi connectivity index (χ3n) is 3.63. The molecule has 1 saturated carbocycles. The Balaban J connectivity index is 1.86. The molecule has 1 aliphatic rings. The summed E-state index contributed by atoms with van der Waals surface area (Å²) in [4.78, 5) is 0. The van der Waals surface area contributed by atoms with Gasteiger partial charge in [-0.3, -0.25) is 0 Å². The van der Waals surface area contributed by atoms with Crippen LogP contribution in [0.25, 0.3) is 11.1 Å². The van der Waals surface area contributed by atoms with Gasteiger partial charge in [0.2, 0.25) is 0 Å². The van der Waals surface area contributed by atoms with Crippen molar-refractivity contribution in [1.29, 1.82) is 0 Å². The van der Waals surface area contributed by atoms with E-state index in [2.05, 4.69) is 43.3 Å². The lowest BCUT2D eigenvalue weighted by Crippen LogP contribution is -1.82. The number of hydrogen-bond donors (Lipinski definition) is 0. The molecule has 0 nitrogen and oxygen atoms in total. The summed E-state index contributed by atoms with van der Waals surface area (Å²) >= 11 is 5.89. The zero-order chi connectivity index (χ0) is 11.8. The van der Waals surface area contributed by atoms with Gasteiger partial charge in [0.15, 0.2) is 0 Å². The minimum absolute atomic E-state index is 0.789. The van der Waals surface area contributed by atoms with E-state index in [4.69, 9.17) is 11.6 Å². The largest absolute Gasteiger partial charge is 0.0843 e. The lowest BCUT2D eigenvalue weighted by atomic mass is 10.0. The van der Waals surface area contributed by atoms with E-state index >= 15 is 0 Å². The van der Waals surface area contributed by atoms with Crippen LogP contribution in [0.1, 0.15) is 24.8 Å². The van der Waals surface area contributed by atoms with Crippen molar-refractivity contribution in [2.45, 2.75) is 19.3 Å². The van der Waals surface area contributed by atoms with Crippen LogP contribution in [0.15, 0.2) is 48.5 Å². The molecule has 2 aromatic carbocycles. The van der Waals surface area contributed by atoms with Crippen LogP contribution >= 0.6 is 11.6 Å². The van der Waals surface area contributed by atoms with Gasteiger partial charge < -0.3 is 0 Å². The van der Waals surface area contributed by atoms with Crippen molar-refractivity contribution < 1.29 is 0 Å². The number of benzene rings is 2. The van der Waals surface area contributed by atoms with Crippen molar-refractivity contribution in [3.8, 4) is 11.1 Å². The van der Waals surface area contributed by atoms with Crippen molar-refractivity contribution in [3.63, 3.8) is 0 Å². The molecule has 17 heavy (non-hydrogen) atoms. The van der Waals surface area contributed by atoms with Crippen molar-refractivity contribution in [3.05, 3.63) is 59.1 Å². The second-order valence-electron chi connectivity index (χ2n) is 4.95. The summed E-state index contributed by atoms with van der Waals surface area (Å²) in [6, 6.07) is 17.0. The Bertz CT molecular complexity index is 510. The van der Waals surface area contributed by atoms with Crippen LogP contribution in [0.5, 0.6) is 0 Å². The average Bonchev–Trinajstić information content (AvgIpc) is 3.08. The monoisotopic (exact) mass is 242 g/mol. The molecule has 3 rings (SSSR count). The highest BCUT2D eigenvalue weighted by Crippen LogP contribution is 2.47. The topological polar surface area (TPSA) is 0 Å². The van der Waals surface area contributed by atoms with Crippen LogP contribution in [0, 0.1) is 5.92 Å². The predicted molar refractivity (Wildman–Crippen MR) is 73.4 cm³/mol. The first-order chi connectivity index (χ1) is 8.24. The first-order valence-electron chi connectivity index (χ1n) is 6.10. The van der Waals surface area contributed by atoms with Gasteiger partial charge in [0.1, 0.15) is 0 Å². The van der Waals surface area contributed by atoms with Crippen molar-refractivity contribution in [2.24, 2.45) is 5.92 Å². The normalized spacial score (nSPS) is 22.5. The van der Waals surface area contributed by atoms with E-state index < -0.39 is 0 Å².